The predicted molar refractivity (Wildman–Crippen MR) is 72.4 cm³/mol. The SMILES string of the molecule is C[C@H]1Cc2ccccc2C2(CCCCC2)CN1. The molecule has 1 aromatic rings. The molecule has 1 fully saturated rings. The Labute approximate surface area is 105 Å². The van der Waals surface area contributed by atoms with Gasteiger partial charge in [-0.2, -0.15) is 0 Å². The number of benzene rings is 1. The summed E-state index contributed by atoms with van der Waals surface area (Å²) in [5.41, 5.74) is 3.68. The van der Waals surface area contributed by atoms with Crippen LogP contribution in [0.25, 0.3) is 0 Å². The lowest BCUT2D eigenvalue weighted by Gasteiger charge is -2.38. The Morgan fingerprint density at radius 2 is 1.88 bits per heavy atom. The van der Waals surface area contributed by atoms with Crippen LogP contribution in [-0.4, -0.2) is 12.6 Å². The van der Waals surface area contributed by atoms with Gasteiger partial charge in [-0.05, 0) is 37.3 Å². The molecular formula is C16H23N. The van der Waals surface area contributed by atoms with E-state index in [9.17, 15) is 0 Å². The van der Waals surface area contributed by atoms with Crippen molar-refractivity contribution in [3.05, 3.63) is 35.4 Å². The Hall–Kier alpha value is -0.820. The molecule has 3 rings (SSSR count). The van der Waals surface area contributed by atoms with Gasteiger partial charge in [0.05, 0.1) is 0 Å². The Balaban J connectivity index is 2.04. The van der Waals surface area contributed by atoms with Gasteiger partial charge in [-0.3, -0.25) is 0 Å². The minimum atomic E-state index is 0.444. The highest BCUT2D eigenvalue weighted by molar-refractivity contribution is 5.37. The van der Waals surface area contributed by atoms with Crippen molar-refractivity contribution in [1.29, 1.82) is 0 Å². The van der Waals surface area contributed by atoms with Crippen molar-refractivity contribution in [2.45, 2.75) is 56.9 Å². The van der Waals surface area contributed by atoms with E-state index in [2.05, 4.69) is 36.5 Å². The summed E-state index contributed by atoms with van der Waals surface area (Å²) in [5, 5.41) is 3.75. The minimum absolute atomic E-state index is 0.444. The second-order valence-electron chi connectivity index (χ2n) is 5.98. The Kier molecular flexibility index (Phi) is 2.96. The zero-order chi connectivity index (χ0) is 11.7. The molecule has 1 heterocycles. The van der Waals surface area contributed by atoms with Gasteiger partial charge in [0.2, 0.25) is 0 Å². The van der Waals surface area contributed by atoms with Crippen LogP contribution < -0.4 is 5.32 Å². The van der Waals surface area contributed by atoms with Crippen molar-refractivity contribution in [2.24, 2.45) is 0 Å². The van der Waals surface area contributed by atoms with Crippen molar-refractivity contribution in [1.82, 2.24) is 5.32 Å². The summed E-state index contributed by atoms with van der Waals surface area (Å²) in [6.45, 7) is 3.50. The van der Waals surface area contributed by atoms with Crippen molar-refractivity contribution < 1.29 is 0 Å². The van der Waals surface area contributed by atoms with Crippen LogP contribution in [0.4, 0.5) is 0 Å². The Bertz CT molecular complexity index is 390. The molecule has 92 valence electrons. The maximum absolute atomic E-state index is 3.75. The van der Waals surface area contributed by atoms with Crippen molar-refractivity contribution >= 4 is 0 Å². The molecule has 1 heteroatoms. The van der Waals surface area contributed by atoms with Gasteiger partial charge >= 0.3 is 0 Å². The molecule has 1 saturated carbocycles. The normalized spacial score (nSPS) is 27.5. The molecule has 1 N–H and O–H groups in total. The van der Waals surface area contributed by atoms with Crippen molar-refractivity contribution in [2.75, 3.05) is 6.54 Å². The van der Waals surface area contributed by atoms with E-state index in [1.54, 1.807) is 11.1 Å². The predicted octanol–water partition coefficient (Wildman–Crippen LogP) is 3.42. The molecule has 1 aromatic carbocycles. The average Bonchev–Trinajstić information content (AvgIpc) is 2.50. The lowest BCUT2D eigenvalue weighted by molar-refractivity contribution is 0.279. The highest BCUT2D eigenvalue weighted by Gasteiger charge is 2.37. The second kappa shape index (κ2) is 4.45. The molecule has 0 radical (unpaired) electrons. The number of rotatable bonds is 0. The minimum Gasteiger partial charge on any atom is -0.313 e. The molecule has 0 bridgehead atoms. The van der Waals surface area contributed by atoms with E-state index < -0.39 is 0 Å². The fourth-order valence-corrected chi connectivity index (χ4v) is 3.76. The number of hydrogen-bond donors (Lipinski definition) is 1. The highest BCUT2D eigenvalue weighted by Crippen LogP contribution is 2.41. The molecule has 17 heavy (non-hydrogen) atoms. The van der Waals surface area contributed by atoms with Gasteiger partial charge in [0, 0.05) is 18.0 Å². The molecule has 0 saturated heterocycles. The van der Waals surface area contributed by atoms with Gasteiger partial charge in [0.25, 0.3) is 0 Å². The standard InChI is InChI=1S/C16H23N/c1-13-11-14-7-3-4-8-15(14)16(12-17-13)9-5-2-6-10-16/h3-4,7-8,13,17H,2,5-6,9-12H2,1H3/t13-/m0/s1. The van der Waals surface area contributed by atoms with E-state index in [-0.39, 0.29) is 0 Å². The van der Waals surface area contributed by atoms with Crippen LogP contribution in [0, 0.1) is 0 Å². The first-order valence-electron chi connectivity index (χ1n) is 7.12. The van der Waals surface area contributed by atoms with Crippen molar-refractivity contribution in [3.8, 4) is 0 Å². The first-order chi connectivity index (χ1) is 8.30. The molecule has 0 aromatic heterocycles. The van der Waals surface area contributed by atoms with Gasteiger partial charge in [-0.25, -0.2) is 0 Å². The summed E-state index contributed by atoms with van der Waals surface area (Å²) in [5.74, 6) is 0. The largest absolute Gasteiger partial charge is 0.313 e. The maximum atomic E-state index is 3.75. The first-order valence-corrected chi connectivity index (χ1v) is 7.12. The zero-order valence-corrected chi connectivity index (χ0v) is 10.8. The first kappa shape index (κ1) is 11.3. The molecular weight excluding hydrogens is 206 g/mol. The molecule has 1 nitrogen and oxygen atoms in total. The fraction of sp³-hybridized carbons (Fsp3) is 0.625. The molecule has 1 atom stereocenters. The van der Waals surface area contributed by atoms with Gasteiger partial charge in [0.1, 0.15) is 0 Å². The lowest BCUT2D eigenvalue weighted by atomic mass is 9.68. The summed E-state index contributed by atoms with van der Waals surface area (Å²) in [4.78, 5) is 0. The quantitative estimate of drug-likeness (QED) is 0.719. The van der Waals surface area contributed by atoms with Crippen LogP contribution >= 0.6 is 0 Å². The van der Waals surface area contributed by atoms with E-state index >= 15 is 0 Å². The van der Waals surface area contributed by atoms with Crippen LogP contribution in [0.1, 0.15) is 50.2 Å². The summed E-state index contributed by atoms with van der Waals surface area (Å²) in [6.07, 6.45) is 8.19. The van der Waals surface area contributed by atoms with E-state index in [0.717, 1.165) is 0 Å². The summed E-state index contributed by atoms with van der Waals surface area (Å²) in [7, 11) is 0. The molecule has 1 aliphatic carbocycles. The van der Waals surface area contributed by atoms with Crippen LogP contribution in [0.15, 0.2) is 24.3 Å². The Morgan fingerprint density at radius 3 is 2.71 bits per heavy atom. The topological polar surface area (TPSA) is 12.0 Å². The summed E-state index contributed by atoms with van der Waals surface area (Å²) < 4.78 is 0. The highest BCUT2D eigenvalue weighted by atomic mass is 14.9. The smallest absolute Gasteiger partial charge is 0.00806 e. The van der Waals surface area contributed by atoms with Crippen LogP contribution in [0.2, 0.25) is 0 Å². The molecule has 1 spiro atoms. The number of nitrogens with one attached hydrogen (secondary N) is 1. The number of fused-ring (bicyclic) bond motifs is 2. The molecule has 0 unspecified atom stereocenters. The summed E-state index contributed by atoms with van der Waals surface area (Å²) in [6, 6.07) is 9.78. The van der Waals surface area contributed by atoms with Crippen LogP contribution in [-0.2, 0) is 11.8 Å². The zero-order valence-electron chi connectivity index (χ0n) is 10.8. The van der Waals surface area contributed by atoms with Crippen molar-refractivity contribution in [3.63, 3.8) is 0 Å². The third-order valence-electron chi connectivity index (χ3n) is 4.71. The van der Waals surface area contributed by atoms with Gasteiger partial charge in [-0.15, -0.1) is 0 Å². The van der Waals surface area contributed by atoms with Crippen LogP contribution in [0.3, 0.4) is 0 Å². The Morgan fingerprint density at radius 1 is 1.12 bits per heavy atom. The maximum Gasteiger partial charge on any atom is 0.00806 e. The van der Waals surface area contributed by atoms with Crippen LogP contribution in [0.5, 0.6) is 0 Å². The van der Waals surface area contributed by atoms with E-state index in [1.165, 1.54) is 45.1 Å². The van der Waals surface area contributed by atoms with E-state index in [1.807, 2.05) is 0 Å². The third-order valence-corrected chi connectivity index (χ3v) is 4.71. The molecule has 2 aliphatic rings. The van der Waals surface area contributed by atoms with E-state index in [4.69, 9.17) is 0 Å². The van der Waals surface area contributed by atoms with Gasteiger partial charge in [0.15, 0.2) is 0 Å². The third kappa shape index (κ3) is 2.01. The average molecular weight is 229 g/mol. The van der Waals surface area contributed by atoms with Gasteiger partial charge < -0.3 is 5.32 Å². The second-order valence-corrected chi connectivity index (χ2v) is 5.98. The monoisotopic (exact) mass is 229 g/mol. The summed E-state index contributed by atoms with van der Waals surface area (Å²) >= 11 is 0. The van der Waals surface area contributed by atoms with Gasteiger partial charge in [-0.1, -0.05) is 43.5 Å². The number of hydrogen-bond acceptors (Lipinski definition) is 1. The molecule has 0 amide bonds. The molecule has 1 aliphatic heterocycles. The fourth-order valence-electron chi connectivity index (χ4n) is 3.76. The lowest BCUT2D eigenvalue weighted by Crippen LogP contribution is -2.41. The van der Waals surface area contributed by atoms with E-state index in [0.29, 0.717) is 11.5 Å².